The van der Waals surface area contributed by atoms with Crippen LogP contribution in [-0.4, -0.2) is 24.2 Å². The number of rotatable bonds is 2. The predicted octanol–water partition coefficient (Wildman–Crippen LogP) is 1.86. The van der Waals surface area contributed by atoms with Crippen LogP contribution >= 0.6 is 11.8 Å². The van der Waals surface area contributed by atoms with Crippen molar-refractivity contribution in [2.24, 2.45) is 4.99 Å². The van der Waals surface area contributed by atoms with Crippen LogP contribution in [0.25, 0.3) is 0 Å². The number of fused-ring (bicyclic) bond motifs is 2. The minimum atomic E-state index is -0.617. The average Bonchev–Trinajstić information content (AvgIpc) is 2.74. The molecule has 1 saturated heterocycles. The van der Waals surface area contributed by atoms with Crippen molar-refractivity contribution in [1.29, 1.82) is 0 Å². The summed E-state index contributed by atoms with van der Waals surface area (Å²) in [5.74, 6) is 1.59. The lowest BCUT2D eigenvalue weighted by molar-refractivity contribution is -0.124. The van der Waals surface area contributed by atoms with E-state index in [1.54, 1.807) is 0 Å². The molecule has 1 atom stereocenters. The maximum absolute atomic E-state index is 12.4. The van der Waals surface area contributed by atoms with E-state index in [1.165, 1.54) is 4.90 Å². The highest BCUT2D eigenvalue weighted by molar-refractivity contribution is 7.99. The monoisotopic (exact) mass is 275 g/mol. The largest absolute Gasteiger partial charge is 0.338 e. The molecule has 2 N–H and O–H groups in total. The number of carbonyl (C=O) groups excluding carboxylic acids is 1. The van der Waals surface area contributed by atoms with Crippen molar-refractivity contribution in [2.75, 3.05) is 12.3 Å². The second-order valence-corrected chi connectivity index (χ2v) is 5.95. The summed E-state index contributed by atoms with van der Waals surface area (Å²) in [6, 6.07) is 8.13. The Morgan fingerprint density at radius 1 is 1.42 bits per heavy atom. The van der Waals surface area contributed by atoms with Gasteiger partial charge in [0.15, 0.2) is 5.96 Å². The van der Waals surface area contributed by atoms with Crippen LogP contribution in [0, 0.1) is 0 Å². The summed E-state index contributed by atoms with van der Waals surface area (Å²) in [6.45, 7) is 2.80. The van der Waals surface area contributed by atoms with Crippen LogP contribution in [0.5, 0.6) is 0 Å². The van der Waals surface area contributed by atoms with Gasteiger partial charge in [0.05, 0.1) is 0 Å². The van der Waals surface area contributed by atoms with E-state index in [2.05, 4.69) is 28.6 Å². The molecule has 1 aromatic rings. The van der Waals surface area contributed by atoms with Crippen molar-refractivity contribution in [1.82, 2.24) is 10.6 Å². The second-order valence-electron chi connectivity index (χ2n) is 4.81. The van der Waals surface area contributed by atoms with Gasteiger partial charge >= 0.3 is 0 Å². The van der Waals surface area contributed by atoms with Gasteiger partial charge in [-0.1, -0.05) is 25.1 Å². The quantitative estimate of drug-likeness (QED) is 0.866. The number of amides is 1. The fourth-order valence-corrected chi connectivity index (χ4v) is 3.77. The van der Waals surface area contributed by atoms with Crippen LogP contribution in [0.3, 0.4) is 0 Å². The lowest BCUT2D eigenvalue weighted by atomic mass is 9.87. The molecule has 100 valence electrons. The zero-order valence-electron chi connectivity index (χ0n) is 10.9. The maximum atomic E-state index is 12.4. The molecule has 2 heterocycles. The van der Waals surface area contributed by atoms with Crippen molar-refractivity contribution >= 4 is 23.6 Å². The van der Waals surface area contributed by atoms with E-state index in [4.69, 9.17) is 0 Å². The third kappa shape index (κ3) is 2.02. The highest BCUT2D eigenvalue weighted by Crippen LogP contribution is 2.41. The number of thioether (sulfide) groups is 1. The summed E-state index contributed by atoms with van der Waals surface area (Å²) in [6.07, 6.45) is 1.77. The van der Waals surface area contributed by atoms with E-state index in [0.29, 0.717) is 5.96 Å². The van der Waals surface area contributed by atoms with Gasteiger partial charge in [-0.05, 0) is 18.9 Å². The minimum absolute atomic E-state index is 0.0232. The van der Waals surface area contributed by atoms with E-state index in [0.717, 1.165) is 30.7 Å². The Kier molecular flexibility index (Phi) is 3.22. The van der Waals surface area contributed by atoms with Crippen molar-refractivity contribution in [3.8, 4) is 0 Å². The first-order valence-corrected chi connectivity index (χ1v) is 7.61. The molecule has 1 fully saturated rings. The minimum Gasteiger partial charge on any atom is -0.338 e. The molecule has 3 rings (SSSR count). The van der Waals surface area contributed by atoms with Crippen LogP contribution in [0.1, 0.15) is 25.3 Å². The van der Waals surface area contributed by atoms with E-state index in [-0.39, 0.29) is 5.91 Å². The zero-order valence-corrected chi connectivity index (χ0v) is 11.7. The Hall–Kier alpha value is -1.49. The van der Waals surface area contributed by atoms with Gasteiger partial charge in [0.25, 0.3) is 5.91 Å². The van der Waals surface area contributed by atoms with Crippen LogP contribution in [0.4, 0.5) is 0 Å². The Morgan fingerprint density at radius 2 is 2.26 bits per heavy atom. The molecule has 19 heavy (non-hydrogen) atoms. The fourth-order valence-electron chi connectivity index (χ4n) is 2.57. The first kappa shape index (κ1) is 12.5. The zero-order chi connectivity index (χ0) is 13.3. The SMILES string of the molecule is CCCN=C1NC(=O)C2(CCSc3ccccc32)N1. The summed E-state index contributed by atoms with van der Waals surface area (Å²) in [4.78, 5) is 18.0. The Morgan fingerprint density at radius 3 is 3.11 bits per heavy atom. The fraction of sp³-hybridized carbons (Fsp3) is 0.429. The normalized spacial score (nSPS) is 27.2. The molecule has 1 aromatic carbocycles. The predicted molar refractivity (Wildman–Crippen MR) is 77.3 cm³/mol. The summed E-state index contributed by atoms with van der Waals surface area (Å²) in [5.41, 5.74) is 0.458. The molecule has 1 amide bonds. The van der Waals surface area contributed by atoms with Crippen LogP contribution < -0.4 is 10.6 Å². The molecule has 1 spiro atoms. The second kappa shape index (κ2) is 4.89. The van der Waals surface area contributed by atoms with Gasteiger partial charge < -0.3 is 5.32 Å². The van der Waals surface area contributed by atoms with Crippen molar-refractivity contribution in [2.45, 2.75) is 30.2 Å². The van der Waals surface area contributed by atoms with Gasteiger partial charge in [-0.3, -0.25) is 15.1 Å². The highest BCUT2D eigenvalue weighted by Gasteiger charge is 2.48. The number of nitrogens with zero attached hydrogens (tertiary/aromatic N) is 1. The van der Waals surface area contributed by atoms with Crippen LogP contribution in [0.15, 0.2) is 34.2 Å². The number of guanidine groups is 1. The average molecular weight is 275 g/mol. The standard InChI is InChI=1S/C14H17N3OS/c1-2-8-15-13-16-12(18)14(17-13)7-9-19-11-6-4-3-5-10(11)14/h3-6H,2,7-9H2,1H3,(H2,15,16,17,18). The lowest BCUT2D eigenvalue weighted by Crippen LogP contribution is -2.46. The van der Waals surface area contributed by atoms with E-state index in [1.807, 2.05) is 30.0 Å². The van der Waals surface area contributed by atoms with Gasteiger partial charge in [0.2, 0.25) is 0 Å². The first-order valence-electron chi connectivity index (χ1n) is 6.62. The van der Waals surface area contributed by atoms with Gasteiger partial charge in [0, 0.05) is 22.8 Å². The molecule has 1 unspecified atom stereocenters. The molecule has 5 heteroatoms. The number of nitrogens with one attached hydrogen (secondary N) is 2. The molecule has 2 aliphatic heterocycles. The molecule has 0 radical (unpaired) electrons. The Labute approximate surface area is 117 Å². The number of carbonyl (C=O) groups is 1. The molecule has 2 aliphatic rings. The molecule has 4 nitrogen and oxygen atoms in total. The van der Waals surface area contributed by atoms with E-state index in [9.17, 15) is 4.79 Å². The van der Waals surface area contributed by atoms with E-state index < -0.39 is 5.54 Å². The molecule has 0 aromatic heterocycles. The number of hydrogen-bond acceptors (Lipinski definition) is 3. The maximum Gasteiger partial charge on any atom is 0.257 e. The topological polar surface area (TPSA) is 53.5 Å². The van der Waals surface area contributed by atoms with E-state index >= 15 is 0 Å². The van der Waals surface area contributed by atoms with Crippen LogP contribution in [0.2, 0.25) is 0 Å². The summed E-state index contributed by atoms with van der Waals surface area (Å²) in [7, 11) is 0. The number of aliphatic imine (C=N–C) groups is 1. The smallest absolute Gasteiger partial charge is 0.257 e. The van der Waals surface area contributed by atoms with Crippen molar-refractivity contribution in [3.63, 3.8) is 0 Å². The number of hydrogen-bond donors (Lipinski definition) is 2. The molecular weight excluding hydrogens is 258 g/mol. The first-order chi connectivity index (χ1) is 9.26. The van der Waals surface area contributed by atoms with Crippen molar-refractivity contribution in [3.05, 3.63) is 29.8 Å². The highest BCUT2D eigenvalue weighted by atomic mass is 32.2. The third-order valence-corrected chi connectivity index (χ3v) is 4.60. The Balaban J connectivity index is 1.99. The third-order valence-electron chi connectivity index (χ3n) is 3.53. The van der Waals surface area contributed by atoms with Crippen LogP contribution in [-0.2, 0) is 10.3 Å². The molecule has 0 aliphatic carbocycles. The Bertz CT molecular complexity index is 543. The van der Waals surface area contributed by atoms with Gasteiger partial charge in [-0.25, -0.2) is 0 Å². The van der Waals surface area contributed by atoms with Gasteiger partial charge in [-0.15, -0.1) is 11.8 Å². The van der Waals surface area contributed by atoms with Crippen molar-refractivity contribution < 1.29 is 4.79 Å². The molecular formula is C14H17N3OS. The lowest BCUT2D eigenvalue weighted by Gasteiger charge is -2.32. The summed E-state index contributed by atoms with van der Waals surface area (Å²) in [5, 5.41) is 6.20. The number of benzene rings is 1. The summed E-state index contributed by atoms with van der Waals surface area (Å²) < 4.78 is 0. The molecule has 0 bridgehead atoms. The molecule has 0 saturated carbocycles. The van der Waals surface area contributed by atoms with Gasteiger partial charge in [-0.2, -0.15) is 0 Å². The van der Waals surface area contributed by atoms with Gasteiger partial charge in [0.1, 0.15) is 5.54 Å². The summed E-state index contributed by atoms with van der Waals surface area (Å²) >= 11 is 1.81.